The molecule has 0 aliphatic carbocycles. The zero-order chi connectivity index (χ0) is 13.7. The minimum absolute atomic E-state index is 0.247. The first-order chi connectivity index (χ1) is 9.20. The van der Waals surface area contributed by atoms with Crippen LogP contribution in [0.3, 0.4) is 0 Å². The van der Waals surface area contributed by atoms with Gasteiger partial charge >= 0.3 is 0 Å². The first-order valence-corrected chi connectivity index (χ1v) is 7.37. The highest BCUT2D eigenvalue weighted by molar-refractivity contribution is 5.95. The van der Waals surface area contributed by atoms with E-state index in [0.29, 0.717) is 12.5 Å². The molecule has 1 atom stereocenters. The largest absolute Gasteiger partial charge is 0.383 e. The Labute approximate surface area is 116 Å². The van der Waals surface area contributed by atoms with Crippen molar-refractivity contribution < 1.29 is 4.79 Å². The fraction of sp³-hybridized carbons (Fsp3) is 0.562. The molecule has 0 spiro atoms. The van der Waals surface area contributed by atoms with Crippen molar-refractivity contribution in [2.24, 2.45) is 0 Å². The average molecular weight is 260 g/mol. The van der Waals surface area contributed by atoms with Crippen molar-refractivity contribution in [1.29, 1.82) is 0 Å². The Kier molecular flexibility index (Phi) is 4.83. The lowest BCUT2D eigenvalue weighted by molar-refractivity contribution is -0.117. The van der Waals surface area contributed by atoms with Crippen molar-refractivity contribution in [3.8, 4) is 0 Å². The van der Waals surface area contributed by atoms with E-state index in [4.69, 9.17) is 0 Å². The van der Waals surface area contributed by atoms with Crippen molar-refractivity contribution in [3.05, 3.63) is 24.3 Å². The minimum Gasteiger partial charge on any atom is -0.383 e. The number of rotatable bonds is 6. The molecular weight excluding hydrogens is 236 g/mol. The third-order valence-corrected chi connectivity index (χ3v) is 3.66. The van der Waals surface area contributed by atoms with Crippen LogP contribution in [-0.4, -0.2) is 18.5 Å². The Morgan fingerprint density at radius 1 is 1.32 bits per heavy atom. The predicted molar refractivity (Wildman–Crippen MR) is 80.6 cm³/mol. The summed E-state index contributed by atoms with van der Waals surface area (Å²) in [6.07, 6.45) is 5.36. The van der Waals surface area contributed by atoms with Gasteiger partial charge in [-0.15, -0.1) is 0 Å². The Morgan fingerprint density at radius 3 is 2.63 bits per heavy atom. The van der Waals surface area contributed by atoms with E-state index in [1.165, 1.54) is 19.3 Å². The summed E-state index contributed by atoms with van der Waals surface area (Å²) >= 11 is 0. The summed E-state index contributed by atoms with van der Waals surface area (Å²) in [5.74, 6) is 0.247. The van der Waals surface area contributed by atoms with Crippen LogP contribution in [-0.2, 0) is 4.79 Å². The van der Waals surface area contributed by atoms with Gasteiger partial charge in [-0.05, 0) is 44.0 Å². The molecule has 1 aromatic rings. The fourth-order valence-electron chi connectivity index (χ4n) is 2.53. The fourth-order valence-corrected chi connectivity index (χ4v) is 2.53. The quantitative estimate of drug-likeness (QED) is 0.843. The lowest BCUT2D eigenvalue weighted by Crippen LogP contribution is -2.23. The van der Waals surface area contributed by atoms with E-state index in [1.54, 1.807) is 0 Å². The van der Waals surface area contributed by atoms with Gasteiger partial charge in [-0.1, -0.05) is 19.8 Å². The van der Waals surface area contributed by atoms with Crippen molar-refractivity contribution in [1.82, 2.24) is 0 Å². The van der Waals surface area contributed by atoms with Crippen LogP contribution in [0.25, 0.3) is 0 Å². The smallest absolute Gasteiger partial charge is 0.227 e. The van der Waals surface area contributed by atoms with Crippen LogP contribution in [0.2, 0.25) is 0 Å². The molecule has 1 amide bonds. The number of hydrogen-bond acceptors (Lipinski definition) is 2. The van der Waals surface area contributed by atoms with E-state index >= 15 is 0 Å². The Balaban J connectivity index is 1.92. The summed E-state index contributed by atoms with van der Waals surface area (Å²) in [4.78, 5) is 13.5. The highest BCUT2D eigenvalue weighted by Crippen LogP contribution is 2.23. The zero-order valence-electron chi connectivity index (χ0n) is 12.0. The van der Waals surface area contributed by atoms with Gasteiger partial charge in [-0.25, -0.2) is 0 Å². The minimum atomic E-state index is 0.247. The van der Waals surface area contributed by atoms with Crippen LogP contribution in [0.4, 0.5) is 11.4 Å². The maximum Gasteiger partial charge on any atom is 0.227 e. The third kappa shape index (κ3) is 3.72. The molecule has 0 saturated carbocycles. The van der Waals surface area contributed by atoms with Crippen molar-refractivity contribution in [2.45, 2.75) is 52.0 Å². The molecule has 1 N–H and O–H groups in total. The molecule has 1 heterocycles. The zero-order valence-corrected chi connectivity index (χ0v) is 12.0. The van der Waals surface area contributed by atoms with Gasteiger partial charge in [-0.3, -0.25) is 4.79 Å². The van der Waals surface area contributed by atoms with E-state index in [1.807, 2.05) is 17.0 Å². The lowest BCUT2D eigenvalue weighted by atomic mass is 10.1. The molecule has 1 unspecified atom stereocenters. The second-order valence-corrected chi connectivity index (χ2v) is 5.38. The number of benzene rings is 1. The molecule has 1 aromatic carbocycles. The summed E-state index contributed by atoms with van der Waals surface area (Å²) < 4.78 is 0. The second-order valence-electron chi connectivity index (χ2n) is 5.38. The number of nitrogens with one attached hydrogen (secondary N) is 1. The van der Waals surface area contributed by atoms with Crippen LogP contribution in [0.1, 0.15) is 46.0 Å². The Morgan fingerprint density at radius 2 is 2.05 bits per heavy atom. The Hall–Kier alpha value is -1.51. The Bertz CT molecular complexity index is 413. The van der Waals surface area contributed by atoms with Gasteiger partial charge in [0.15, 0.2) is 0 Å². The van der Waals surface area contributed by atoms with Gasteiger partial charge in [0.1, 0.15) is 0 Å². The molecule has 3 heteroatoms. The summed E-state index contributed by atoms with van der Waals surface area (Å²) in [5, 5.41) is 3.50. The molecule has 1 aliphatic rings. The van der Waals surface area contributed by atoms with Crippen LogP contribution in [0.5, 0.6) is 0 Å². The van der Waals surface area contributed by atoms with Gasteiger partial charge in [-0.2, -0.15) is 0 Å². The summed E-state index contributed by atoms with van der Waals surface area (Å²) in [5.41, 5.74) is 2.16. The van der Waals surface area contributed by atoms with Crippen LogP contribution in [0, 0.1) is 0 Å². The predicted octanol–water partition coefficient (Wildman–Crippen LogP) is 3.80. The van der Waals surface area contributed by atoms with Crippen LogP contribution >= 0.6 is 0 Å². The van der Waals surface area contributed by atoms with Crippen molar-refractivity contribution >= 4 is 17.3 Å². The van der Waals surface area contributed by atoms with E-state index in [2.05, 4.69) is 31.3 Å². The van der Waals surface area contributed by atoms with Crippen molar-refractivity contribution in [2.75, 3.05) is 16.8 Å². The highest BCUT2D eigenvalue weighted by atomic mass is 16.2. The summed E-state index contributed by atoms with van der Waals surface area (Å²) in [6.45, 7) is 5.29. The van der Waals surface area contributed by atoms with Gasteiger partial charge in [0, 0.05) is 30.4 Å². The van der Waals surface area contributed by atoms with Gasteiger partial charge < -0.3 is 10.2 Å². The molecule has 104 valence electrons. The number of carbonyl (C=O) groups is 1. The molecule has 1 fully saturated rings. The number of hydrogen-bond donors (Lipinski definition) is 1. The monoisotopic (exact) mass is 260 g/mol. The van der Waals surface area contributed by atoms with Crippen LogP contribution < -0.4 is 10.2 Å². The maximum atomic E-state index is 11.7. The number of amides is 1. The molecule has 0 aromatic heterocycles. The number of nitrogens with zero attached hydrogens (tertiary/aromatic N) is 1. The molecule has 3 nitrogen and oxygen atoms in total. The topological polar surface area (TPSA) is 32.3 Å². The molecule has 1 aliphatic heterocycles. The second kappa shape index (κ2) is 6.60. The standard InChI is InChI=1S/C16H24N2O/c1-3-4-6-13(2)17-14-8-10-15(11-9-14)18-12-5-7-16(18)19/h8-11,13,17H,3-7,12H2,1-2H3. The molecule has 2 rings (SSSR count). The van der Waals surface area contributed by atoms with Gasteiger partial charge in [0.2, 0.25) is 5.91 Å². The summed E-state index contributed by atoms with van der Waals surface area (Å²) in [6, 6.07) is 8.72. The number of anilines is 2. The maximum absolute atomic E-state index is 11.7. The first-order valence-electron chi connectivity index (χ1n) is 7.37. The highest BCUT2D eigenvalue weighted by Gasteiger charge is 2.21. The molecule has 0 bridgehead atoms. The van der Waals surface area contributed by atoms with E-state index < -0.39 is 0 Å². The van der Waals surface area contributed by atoms with Crippen molar-refractivity contribution in [3.63, 3.8) is 0 Å². The molecule has 19 heavy (non-hydrogen) atoms. The molecule has 1 saturated heterocycles. The van der Waals surface area contributed by atoms with Gasteiger partial charge in [0.05, 0.1) is 0 Å². The SMILES string of the molecule is CCCCC(C)Nc1ccc(N2CCCC2=O)cc1. The van der Waals surface area contributed by atoms with E-state index in [9.17, 15) is 4.79 Å². The normalized spacial score (nSPS) is 16.7. The number of carbonyl (C=O) groups excluding carboxylic acids is 1. The van der Waals surface area contributed by atoms with Gasteiger partial charge in [0.25, 0.3) is 0 Å². The first kappa shape index (κ1) is 13.9. The van der Waals surface area contributed by atoms with Crippen LogP contribution in [0.15, 0.2) is 24.3 Å². The average Bonchev–Trinajstić information content (AvgIpc) is 2.83. The third-order valence-electron chi connectivity index (χ3n) is 3.66. The lowest BCUT2D eigenvalue weighted by Gasteiger charge is -2.18. The molecular formula is C16H24N2O. The summed E-state index contributed by atoms with van der Waals surface area (Å²) in [7, 11) is 0. The van der Waals surface area contributed by atoms with E-state index in [-0.39, 0.29) is 5.91 Å². The van der Waals surface area contributed by atoms with E-state index in [0.717, 1.165) is 24.3 Å². The molecule has 0 radical (unpaired) electrons. The number of unbranched alkanes of at least 4 members (excludes halogenated alkanes) is 1.